The van der Waals surface area contributed by atoms with Gasteiger partial charge in [-0.25, -0.2) is 9.37 Å². The number of nitrogen functional groups attached to an aromatic ring is 1. The van der Waals surface area contributed by atoms with E-state index < -0.39 is 24.1 Å². The van der Waals surface area contributed by atoms with Crippen LogP contribution < -0.4 is 5.73 Å². The zero-order valence-corrected chi connectivity index (χ0v) is 12.4. The van der Waals surface area contributed by atoms with Gasteiger partial charge in [-0.05, 0) is 11.6 Å². The number of terminal acetylenes is 1. The van der Waals surface area contributed by atoms with E-state index in [1.54, 1.807) is 0 Å². The standard InChI is InChI=1S/C13H14ClFN4O3/c1-3-13(6-20,22-2)8(21)5-19-4-7(15)9-10(16)17-12(14)18-11(9)19/h1,4,8,20-21H,5-6H2,2H3,(H2,16,17,18)/t8-,13?/m0/s1. The number of nitrogens with zero attached hydrogens (tertiary/aromatic N) is 3. The van der Waals surface area contributed by atoms with Gasteiger partial charge in [0.1, 0.15) is 17.6 Å². The molecular weight excluding hydrogens is 315 g/mol. The summed E-state index contributed by atoms with van der Waals surface area (Å²) in [5, 5.41) is 19.4. The minimum absolute atomic E-state index is 0.00989. The molecular formula is C13H14ClFN4O3. The Morgan fingerprint density at radius 2 is 2.32 bits per heavy atom. The number of methoxy groups -OCH3 is 1. The lowest BCUT2D eigenvalue weighted by atomic mass is 9.98. The molecule has 2 aromatic heterocycles. The van der Waals surface area contributed by atoms with Crippen LogP contribution in [0.5, 0.6) is 0 Å². The smallest absolute Gasteiger partial charge is 0.226 e. The van der Waals surface area contributed by atoms with Crippen LogP contribution in [0, 0.1) is 18.2 Å². The Morgan fingerprint density at radius 3 is 2.86 bits per heavy atom. The number of ether oxygens (including phenoxy) is 1. The Morgan fingerprint density at radius 1 is 1.64 bits per heavy atom. The predicted molar refractivity (Wildman–Crippen MR) is 78.6 cm³/mol. The molecule has 7 nitrogen and oxygen atoms in total. The van der Waals surface area contributed by atoms with E-state index in [-0.39, 0.29) is 28.7 Å². The number of aliphatic hydroxyl groups excluding tert-OH is 2. The molecule has 0 saturated heterocycles. The number of aliphatic hydroxyl groups is 2. The van der Waals surface area contributed by atoms with Crippen LogP contribution in [0.4, 0.5) is 10.2 Å². The first-order valence-electron chi connectivity index (χ1n) is 6.17. The molecule has 0 aliphatic carbocycles. The van der Waals surface area contributed by atoms with Gasteiger partial charge >= 0.3 is 0 Å². The Balaban J connectivity index is 2.47. The average molecular weight is 329 g/mol. The van der Waals surface area contributed by atoms with Gasteiger partial charge in [0.2, 0.25) is 5.28 Å². The first-order chi connectivity index (χ1) is 10.4. The maximum absolute atomic E-state index is 14.0. The largest absolute Gasteiger partial charge is 0.392 e. The van der Waals surface area contributed by atoms with Crippen LogP contribution in [0.25, 0.3) is 11.0 Å². The van der Waals surface area contributed by atoms with E-state index in [1.807, 2.05) is 0 Å². The van der Waals surface area contributed by atoms with Crippen molar-refractivity contribution in [2.75, 3.05) is 19.5 Å². The Hall–Kier alpha value is -1.92. The molecule has 0 aliphatic heterocycles. The lowest BCUT2D eigenvalue weighted by molar-refractivity contribution is -0.0947. The Bertz CT molecular complexity index is 739. The number of hydrogen-bond acceptors (Lipinski definition) is 6. The monoisotopic (exact) mass is 328 g/mol. The third-order valence-corrected chi connectivity index (χ3v) is 3.59. The molecule has 0 fully saturated rings. The quantitative estimate of drug-likeness (QED) is 0.534. The molecule has 118 valence electrons. The molecule has 2 rings (SSSR count). The molecule has 1 unspecified atom stereocenters. The van der Waals surface area contributed by atoms with Gasteiger partial charge in [0.05, 0.1) is 18.5 Å². The molecule has 0 spiro atoms. The number of hydrogen-bond donors (Lipinski definition) is 3. The number of nitrogens with two attached hydrogens (primary N) is 1. The second-order valence-electron chi connectivity index (χ2n) is 4.62. The highest BCUT2D eigenvalue weighted by atomic mass is 35.5. The van der Waals surface area contributed by atoms with E-state index >= 15 is 0 Å². The van der Waals surface area contributed by atoms with E-state index in [4.69, 9.17) is 28.5 Å². The van der Waals surface area contributed by atoms with Gasteiger partial charge in [-0.1, -0.05) is 5.92 Å². The SMILES string of the molecule is C#CC(CO)(OC)[C@@H](O)Cn1cc(F)c2c(N)nc(Cl)nc21. The predicted octanol–water partition coefficient (Wildman–Crippen LogP) is 0.178. The molecule has 4 N–H and O–H groups in total. The second kappa shape index (κ2) is 6.06. The van der Waals surface area contributed by atoms with Crippen LogP contribution in [0.1, 0.15) is 0 Å². The van der Waals surface area contributed by atoms with Gasteiger partial charge in [-0.2, -0.15) is 4.98 Å². The highest BCUT2D eigenvalue weighted by Gasteiger charge is 2.36. The highest BCUT2D eigenvalue weighted by Crippen LogP contribution is 2.26. The molecule has 2 heterocycles. The molecule has 0 saturated carbocycles. The van der Waals surface area contributed by atoms with Gasteiger partial charge in [0.15, 0.2) is 11.4 Å². The highest BCUT2D eigenvalue weighted by molar-refractivity contribution is 6.28. The molecule has 0 aromatic carbocycles. The fourth-order valence-corrected chi connectivity index (χ4v) is 2.29. The molecule has 0 aliphatic rings. The third-order valence-electron chi connectivity index (χ3n) is 3.42. The summed E-state index contributed by atoms with van der Waals surface area (Å²) in [4.78, 5) is 7.57. The van der Waals surface area contributed by atoms with Crippen molar-refractivity contribution in [2.24, 2.45) is 0 Å². The van der Waals surface area contributed by atoms with Gasteiger partial charge in [-0.15, -0.1) is 6.42 Å². The summed E-state index contributed by atoms with van der Waals surface area (Å²) in [7, 11) is 1.25. The van der Waals surface area contributed by atoms with Crippen molar-refractivity contribution in [3.8, 4) is 12.3 Å². The van der Waals surface area contributed by atoms with Crippen molar-refractivity contribution in [1.29, 1.82) is 0 Å². The summed E-state index contributed by atoms with van der Waals surface area (Å²) < 4.78 is 20.3. The van der Waals surface area contributed by atoms with E-state index in [9.17, 15) is 14.6 Å². The minimum Gasteiger partial charge on any atom is -0.392 e. The zero-order valence-electron chi connectivity index (χ0n) is 11.6. The van der Waals surface area contributed by atoms with Crippen LogP contribution >= 0.6 is 11.6 Å². The summed E-state index contributed by atoms with van der Waals surface area (Å²) in [6.07, 6.45) is 5.07. The lowest BCUT2D eigenvalue weighted by Crippen LogP contribution is -2.48. The van der Waals surface area contributed by atoms with Crippen molar-refractivity contribution >= 4 is 28.5 Å². The molecule has 2 atom stereocenters. The van der Waals surface area contributed by atoms with Crippen molar-refractivity contribution < 1.29 is 19.3 Å². The van der Waals surface area contributed by atoms with Gasteiger partial charge in [0, 0.05) is 13.3 Å². The normalized spacial score (nSPS) is 15.5. The minimum atomic E-state index is -1.62. The Kier molecular flexibility index (Phi) is 4.53. The van der Waals surface area contributed by atoms with Gasteiger partial charge in [0.25, 0.3) is 0 Å². The van der Waals surface area contributed by atoms with Crippen molar-refractivity contribution in [3.63, 3.8) is 0 Å². The fourth-order valence-electron chi connectivity index (χ4n) is 2.12. The number of rotatable bonds is 5. The third kappa shape index (κ3) is 2.60. The van der Waals surface area contributed by atoms with Gasteiger partial charge in [-0.3, -0.25) is 0 Å². The average Bonchev–Trinajstić information content (AvgIpc) is 2.77. The van der Waals surface area contributed by atoms with E-state index in [0.29, 0.717) is 0 Å². The molecule has 9 heteroatoms. The Labute approximate surface area is 130 Å². The summed E-state index contributed by atoms with van der Waals surface area (Å²) in [5.41, 5.74) is 4.11. The maximum Gasteiger partial charge on any atom is 0.226 e. The summed E-state index contributed by atoms with van der Waals surface area (Å²) in [6, 6.07) is 0. The fraction of sp³-hybridized carbons (Fsp3) is 0.385. The lowest BCUT2D eigenvalue weighted by Gasteiger charge is -2.30. The number of anilines is 1. The van der Waals surface area contributed by atoms with E-state index in [1.165, 1.54) is 11.7 Å². The van der Waals surface area contributed by atoms with Crippen LogP contribution in [-0.4, -0.2) is 50.2 Å². The number of halogens is 2. The molecule has 0 radical (unpaired) electrons. The van der Waals surface area contributed by atoms with Crippen LogP contribution in [0.15, 0.2) is 6.20 Å². The molecule has 22 heavy (non-hydrogen) atoms. The first kappa shape index (κ1) is 16.5. The van der Waals surface area contributed by atoms with Crippen molar-refractivity contribution in [3.05, 3.63) is 17.3 Å². The number of aromatic nitrogens is 3. The van der Waals surface area contributed by atoms with Crippen LogP contribution in [0.3, 0.4) is 0 Å². The van der Waals surface area contributed by atoms with Crippen LogP contribution in [-0.2, 0) is 11.3 Å². The summed E-state index contributed by atoms with van der Waals surface area (Å²) in [6.45, 7) is -0.799. The van der Waals surface area contributed by atoms with Gasteiger partial charge < -0.3 is 25.3 Å². The molecule has 2 aromatic rings. The van der Waals surface area contributed by atoms with E-state index in [0.717, 1.165) is 6.20 Å². The number of fused-ring (bicyclic) bond motifs is 1. The van der Waals surface area contributed by atoms with Crippen molar-refractivity contribution in [2.45, 2.75) is 18.2 Å². The molecule has 0 bridgehead atoms. The van der Waals surface area contributed by atoms with E-state index in [2.05, 4.69) is 15.9 Å². The first-order valence-corrected chi connectivity index (χ1v) is 6.55. The van der Waals surface area contributed by atoms with Crippen molar-refractivity contribution in [1.82, 2.24) is 14.5 Å². The molecule has 0 amide bonds. The summed E-state index contributed by atoms with van der Waals surface area (Å²) >= 11 is 5.72. The van der Waals surface area contributed by atoms with Crippen LogP contribution in [0.2, 0.25) is 5.28 Å². The summed E-state index contributed by atoms with van der Waals surface area (Å²) in [5.74, 6) is 1.42. The topological polar surface area (TPSA) is 106 Å². The maximum atomic E-state index is 14.0. The zero-order chi connectivity index (χ0) is 16.5. The second-order valence-corrected chi connectivity index (χ2v) is 4.96.